The molecule has 0 saturated carbocycles. The number of piperidine rings is 1. The van der Waals surface area contributed by atoms with Crippen molar-refractivity contribution in [2.75, 3.05) is 17.8 Å². The van der Waals surface area contributed by atoms with E-state index in [0.717, 1.165) is 19.3 Å². The Morgan fingerprint density at radius 2 is 1.95 bits per heavy atom. The largest absolute Gasteiger partial charge is 0.384 e. The van der Waals surface area contributed by atoms with Gasteiger partial charge in [0.15, 0.2) is 0 Å². The molecular weight excluding hydrogens is 264 g/mol. The first-order valence-corrected chi connectivity index (χ1v) is 7.65. The fourth-order valence-corrected chi connectivity index (χ4v) is 3.36. The van der Waals surface area contributed by atoms with Gasteiger partial charge in [-0.05, 0) is 25.0 Å². The number of rotatable bonds is 4. The number of hydrogen-bond acceptors (Lipinski definition) is 3. The van der Waals surface area contributed by atoms with Gasteiger partial charge in [0.25, 0.3) is 0 Å². The highest BCUT2D eigenvalue weighted by molar-refractivity contribution is 7.90. The molecule has 1 saturated heterocycles. The lowest BCUT2D eigenvalue weighted by Gasteiger charge is -2.26. The van der Waals surface area contributed by atoms with E-state index in [1.807, 2.05) is 0 Å². The molecule has 0 aliphatic carbocycles. The van der Waals surface area contributed by atoms with Crippen molar-refractivity contribution >= 4 is 21.7 Å². The van der Waals surface area contributed by atoms with Crippen LogP contribution in [0.5, 0.6) is 0 Å². The van der Waals surface area contributed by atoms with Gasteiger partial charge in [0.2, 0.25) is 0 Å². The monoisotopic (exact) mass is 282 g/mol. The third-order valence-electron chi connectivity index (χ3n) is 3.08. The molecule has 0 radical (unpaired) electrons. The van der Waals surface area contributed by atoms with Crippen LogP contribution in [0.3, 0.4) is 0 Å². The first-order chi connectivity index (χ1) is 8.99. The van der Waals surface area contributed by atoms with Crippen molar-refractivity contribution in [2.45, 2.75) is 19.3 Å². The zero-order valence-corrected chi connectivity index (χ0v) is 11.4. The quantitative estimate of drug-likeness (QED) is 0.570. The SMILES string of the molecule is N=C(N)c1cccc(NS(=O)(=O)N2CCCCC2)c1. The average Bonchev–Trinajstić information content (AvgIpc) is 2.39. The van der Waals surface area contributed by atoms with Crippen LogP contribution >= 0.6 is 0 Å². The summed E-state index contributed by atoms with van der Waals surface area (Å²) in [6.07, 6.45) is 2.87. The highest BCUT2D eigenvalue weighted by Gasteiger charge is 2.23. The van der Waals surface area contributed by atoms with Crippen LogP contribution in [-0.2, 0) is 10.2 Å². The summed E-state index contributed by atoms with van der Waals surface area (Å²) in [5.41, 5.74) is 6.31. The molecule has 1 aromatic rings. The molecule has 0 bridgehead atoms. The van der Waals surface area contributed by atoms with E-state index < -0.39 is 10.2 Å². The number of anilines is 1. The van der Waals surface area contributed by atoms with Crippen molar-refractivity contribution in [3.05, 3.63) is 29.8 Å². The molecule has 1 heterocycles. The van der Waals surface area contributed by atoms with Gasteiger partial charge in [-0.2, -0.15) is 12.7 Å². The number of nitrogens with one attached hydrogen (secondary N) is 2. The van der Waals surface area contributed by atoms with Crippen LogP contribution in [0.15, 0.2) is 24.3 Å². The molecular formula is C12H18N4O2S. The van der Waals surface area contributed by atoms with Crippen LogP contribution in [0.2, 0.25) is 0 Å². The summed E-state index contributed by atoms with van der Waals surface area (Å²) in [7, 11) is -3.51. The lowest BCUT2D eigenvalue weighted by atomic mass is 10.2. The van der Waals surface area contributed by atoms with E-state index in [1.54, 1.807) is 24.3 Å². The molecule has 2 rings (SSSR count). The molecule has 1 aliphatic rings. The van der Waals surface area contributed by atoms with E-state index in [4.69, 9.17) is 11.1 Å². The Morgan fingerprint density at radius 1 is 1.26 bits per heavy atom. The number of nitrogens with two attached hydrogens (primary N) is 1. The Morgan fingerprint density at radius 3 is 2.58 bits per heavy atom. The maximum absolute atomic E-state index is 12.2. The van der Waals surface area contributed by atoms with Crippen molar-refractivity contribution in [3.8, 4) is 0 Å². The van der Waals surface area contributed by atoms with Gasteiger partial charge >= 0.3 is 10.2 Å². The Bertz CT molecular complexity index is 565. The average molecular weight is 282 g/mol. The minimum absolute atomic E-state index is 0.0842. The van der Waals surface area contributed by atoms with E-state index in [0.29, 0.717) is 24.3 Å². The minimum Gasteiger partial charge on any atom is -0.384 e. The summed E-state index contributed by atoms with van der Waals surface area (Å²) in [5, 5.41) is 7.35. The van der Waals surface area contributed by atoms with Crippen molar-refractivity contribution in [2.24, 2.45) is 5.73 Å². The highest BCUT2D eigenvalue weighted by atomic mass is 32.2. The minimum atomic E-state index is -3.51. The smallest absolute Gasteiger partial charge is 0.301 e. The van der Waals surface area contributed by atoms with Gasteiger partial charge in [0.05, 0.1) is 5.69 Å². The summed E-state index contributed by atoms with van der Waals surface area (Å²) in [6, 6.07) is 6.55. The fraction of sp³-hybridized carbons (Fsp3) is 0.417. The lowest BCUT2D eigenvalue weighted by Crippen LogP contribution is -2.39. The van der Waals surface area contributed by atoms with Crippen molar-refractivity contribution in [1.29, 1.82) is 5.41 Å². The first kappa shape index (κ1) is 13.8. The van der Waals surface area contributed by atoms with Gasteiger partial charge in [-0.1, -0.05) is 18.6 Å². The number of amidine groups is 1. The maximum Gasteiger partial charge on any atom is 0.301 e. The Hall–Kier alpha value is -1.60. The Labute approximate surface area is 113 Å². The Kier molecular flexibility index (Phi) is 4.06. The van der Waals surface area contributed by atoms with Crippen LogP contribution in [0.25, 0.3) is 0 Å². The van der Waals surface area contributed by atoms with Crippen LogP contribution in [0, 0.1) is 5.41 Å². The first-order valence-electron chi connectivity index (χ1n) is 6.21. The van der Waals surface area contributed by atoms with Crippen molar-refractivity contribution in [3.63, 3.8) is 0 Å². The zero-order valence-electron chi connectivity index (χ0n) is 10.6. The molecule has 0 unspecified atom stereocenters. The van der Waals surface area contributed by atoms with Gasteiger partial charge in [-0.25, -0.2) is 0 Å². The molecule has 0 spiro atoms. The molecule has 104 valence electrons. The fourth-order valence-electron chi connectivity index (χ4n) is 2.07. The number of nitrogen functional groups attached to an aromatic ring is 1. The normalized spacial score (nSPS) is 17.1. The molecule has 1 aromatic carbocycles. The molecule has 0 aromatic heterocycles. The van der Waals surface area contributed by atoms with E-state index >= 15 is 0 Å². The van der Waals surface area contributed by atoms with Gasteiger partial charge in [-0.15, -0.1) is 0 Å². The summed E-state index contributed by atoms with van der Waals surface area (Å²) in [4.78, 5) is 0. The molecule has 19 heavy (non-hydrogen) atoms. The highest BCUT2D eigenvalue weighted by Crippen LogP contribution is 2.17. The number of nitrogens with zero attached hydrogens (tertiary/aromatic N) is 1. The number of hydrogen-bond donors (Lipinski definition) is 3. The van der Waals surface area contributed by atoms with Crippen LogP contribution < -0.4 is 10.5 Å². The molecule has 0 atom stereocenters. The Balaban J connectivity index is 2.15. The van der Waals surface area contributed by atoms with E-state index in [1.165, 1.54) is 4.31 Å². The summed E-state index contributed by atoms with van der Waals surface area (Å²) >= 11 is 0. The molecule has 1 fully saturated rings. The summed E-state index contributed by atoms with van der Waals surface area (Å²) in [6.45, 7) is 1.11. The van der Waals surface area contributed by atoms with Gasteiger partial charge in [0, 0.05) is 18.7 Å². The lowest BCUT2D eigenvalue weighted by molar-refractivity contribution is 0.349. The van der Waals surface area contributed by atoms with Gasteiger partial charge < -0.3 is 5.73 Å². The third kappa shape index (κ3) is 3.45. The number of benzene rings is 1. The van der Waals surface area contributed by atoms with E-state index in [-0.39, 0.29) is 5.84 Å². The van der Waals surface area contributed by atoms with Gasteiger partial charge in [-0.3, -0.25) is 10.1 Å². The van der Waals surface area contributed by atoms with Crippen molar-refractivity contribution < 1.29 is 8.42 Å². The van der Waals surface area contributed by atoms with Gasteiger partial charge in [0.1, 0.15) is 5.84 Å². The molecule has 1 aliphatic heterocycles. The topological polar surface area (TPSA) is 99.3 Å². The predicted octanol–water partition coefficient (Wildman–Crippen LogP) is 1.11. The van der Waals surface area contributed by atoms with Crippen molar-refractivity contribution in [1.82, 2.24) is 4.31 Å². The molecule has 7 heteroatoms. The summed E-state index contributed by atoms with van der Waals surface area (Å²) < 4.78 is 28.3. The molecule has 4 N–H and O–H groups in total. The van der Waals surface area contributed by atoms with Crippen LogP contribution in [0.1, 0.15) is 24.8 Å². The maximum atomic E-state index is 12.2. The van der Waals surface area contributed by atoms with Crippen LogP contribution in [0.4, 0.5) is 5.69 Å². The van der Waals surface area contributed by atoms with E-state index in [9.17, 15) is 8.42 Å². The zero-order chi connectivity index (χ0) is 13.9. The summed E-state index contributed by atoms with van der Waals surface area (Å²) in [5.74, 6) is -0.0842. The predicted molar refractivity (Wildman–Crippen MR) is 75.4 cm³/mol. The molecule has 0 amide bonds. The van der Waals surface area contributed by atoms with Crippen LogP contribution in [-0.4, -0.2) is 31.6 Å². The second-order valence-corrected chi connectivity index (χ2v) is 6.23. The third-order valence-corrected chi connectivity index (χ3v) is 4.61. The molecule has 6 nitrogen and oxygen atoms in total. The van der Waals surface area contributed by atoms with E-state index in [2.05, 4.69) is 4.72 Å². The second kappa shape index (κ2) is 5.58. The second-order valence-electron chi connectivity index (χ2n) is 4.56. The standard InChI is InChI=1S/C12H18N4O2S/c13-12(14)10-5-4-6-11(9-10)15-19(17,18)16-7-2-1-3-8-16/h4-6,9,15H,1-3,7-8H2,(H3,13,14).